The molecule has 21 heavy (non-hydrogen) atoms. The predicted molar refractivity (Wildman–Crippen MR) is 107 cm³/mol. The van der Waals surface area contributed by atoms with Gasteiger partial charge in [-0.1, -0.05) is 116 Å². The van der Waals surface area contributed by atoms with Crippen LogP contribution in [0.4, 0.5) is 0 Å². The van der Waals surface area contributed by atoms with Crippen LogP contribution >= 0.6 is 0 Å². The van der Waals surface area contributed by atoms with Crippen LogP contribution in [0.1, 0.15) is 129 Å². The Morgan fingerprint density at radius 1 is 0.667 bits per heavy atom. The first kappa shape index (κ1) is 32.8. The summed E-state index contributed by atoms with van der Waals surface area (Å²) in [6, 6.07) is 0. The van der Waals surface area contributed by atoms with Crippen LogP contribution in [0.25, 0.3) is 0 Å². The summed E-state index contributed by atoms with van der Waals surface area (Å²) in [7, 11) is 0. The van der Waals surface area contributed by atoms with Crippen molar-refractivity contribution in [3.63, 3.8) is 0 Å². The van der Waals surface area contributed by atoms with Gasteiger partial charge < -0.3 is 0 Å². The highest BCUT2D eigenvalue weighted by molar-refractivity contribution is 4.79. The molecule has 0 spiro atoms. The number of hydrogen-bond acceptors (Lipinski definition) is 0. The molecule has 0 saturated heterocycles. The summed E-state index contributed by atoms with van der Waals surface area (Å²) in [5, 5.41) is 0. The van der Waals surface area contributed by atoms with E-state index in [9.17, 15) is 0 Å². The molecule has 0 saturated carbocycles. The zero-order valence-electron chi connectivity index (χ0n) is 13.1. The summed E-state index contributed by atoms with van der Waals surface area (Å²) in [5.41, 5.74) is 0.609. The lowest BCUT2D eigenvalue weighted by atomic mass is 9.69. The minimum absolute atomic E-state index is 0. The molecule has 0 aliphatic heterocycles. The van der Waals surface area contributed by atoms with E-state index in [0.29, 0.717) is 5.41 Å². The van der Waals surface area contributed by atoms with Crippen LogP contribution in [0.2, 0.25) is 0 Å². The van der Waals surface area contributed by atoms with E-state index in [0.717, 1.165) is 5.92 Å². The third kappa shape index (κ3) is 14.7. The molecule has 2 atom stereocenters. The van der Waals surface area contributed by atoms with Crippen molar-refractivity contribution in [2.75, 3.05) is 0 Å². The second kappa shape index (κ2) is 20.0. The Bertz CT molecular complexity index is 161. The lowest BCUT2D eigenvalue weighted by Gasteiger charge is -2.36. The first-order valence-electron chi connectivity index (χ1n) is 8.10. The van der Waals surface area contributed by atoms with Crippen molar-refractivity contribution in [3.8, 4) is 0 Å². The van der Waals surface area contributed by atoms with Crippen molar-refractivity contribution in [3.05, 3.63) is 0 Å². The van der Waals surface area contributed by atoms with Gasteiger partial charge in [0.15, 0.2) is 0 Å². The van der Waals surface area contributed by atoms with Gasteiger partial charge in [0.1, 0.15) is 0 Å². The van der Waals surface area contributed by atoms with Crippen molar-refractivity contribution >= 4 is 0 Å². The molecule has 0 bridgehead atoms. The molecule has 0 rings (SSSR count). The molecule has 0 aromatic carbocycles. The Labute approximate surface area is 140 Å². The van der Waals surface area contributed by atoms with Crippen molar-refractivity contribution in [1.29, 1.82) is 0 Å². The van der Waals surface area contributed by atoms with Gasteiger partial charge >= 0.3 is 0 Å². The summed E-state index contributed by atoms with van der Waals surface area (Å²) in [5.74, 6) is 0.908. The summed E-state index contributed by atoms with van der Waals surface area (Å²) in [6.07, 6.45) is 14.1. The van der Waals surface area contributed by atoms with Crippen molar-refractivity contribution in [1.82, 2.24) is 0 Å². The van der Waals surface area contributed by atoms with E-state index < -0.39 is 0 Å². The summed E-state index contributed by atoms with van der Waals surface area (Å²) in [6.45, 7) is 12.0. The SMILES string of the molecule is C.C.C.C.CCCCCC(C)C(C)(CCC)CCCCC. The van der Waals surface area contributed by atoms with Gasteiger partial charge in [0.05, 0.1) is 0 Å². The van der Waals surface area contributed by atoms with Crippen LogP contribution in [-0.2, 0) is 0 Å². The van der Waals surface area contributed by atoms with Gasteiger partial charge in [-0.25, -0.2) is 0 Å². The molecule has 0 nitrogen and oxygen atoms in total. The molecule has 0 aromatic heterocycles. The van der Waals surface area contributed by atoms with Crippen LogP contribution in [0.5, 0.6) is 0 Å². The second-order valence-electron chi connectivity index (χ2n) is 6.26. The number of unbranched alkanes of at least 4 members (excludes halogenated alkanes) is 4. The third-order valence-corrected chi connectivity index (χ3v) is 4.60. The molecule has 0 fully saturated rings. The first-order chi connectivity index (χ1) is 8.10. The maximum Gasteiger partial charge on any atom is -0.0300 e. The highest BCUT2D eigenvalue weighted by atomic mass is 14.3. The number of rotatable bonds is 11. The zero-order chi connectivity index (χ0) is 13.1. The fourth-order valence-corrected chi connectivity index (χ4v) is 3.02. The van der Waals surface area contributed by atoms with E-state index in [2.05, 4.69) is 34.6 Å². The van der Waals surface area contributed by atoms with Gasteiger partial charge in [0.2, 0.25) is 0 Å². The van der Waals surface area contributed by atoms with Gasteiger partial charge in [-0.05, 0) is 24.2 Å². The maximum atomic E-state index is 2.54. The van der Waals surface area contributed by atoms with Crippen LogP contribution in [-0.4, -0.2) is 0 Å². The Balaban J connectivity index is -0.000000213. The van der Waals surface area contributed by atoms with Crippen LogP contribution in [0, 0.1) is 11.3 Å². The Hall–Kier alpha value is 0. The number of hydrogen-bond donors (Lipinski definition) is 0. The first-order valence-corrected chi connectivity index (χ1v) is 8.10. The van der Waals surface area contributed by atoms with E-state index >= 15 is 0 Å². The highest BCUT2D eigenvalue weighted by Crippen LogP contribution is 2.40. The van der Waals surface area contributed by atoms with Gasteiger partial charge in [-0.3, -0.25) is 0 Å². The molecule has 0 aliphatic carbocycles. The van der Waals surface area contributed by atoms with E-state index in [1.54, 1.807) is 0 Å². The standard InChI is InChI=1S/C17H36.4CH4/c1-6-9-11-13-16(4)17(5,14-8-3)15-12-10-7-2;;;;/h16H,6-15H2,1-5H3;4*1H4. The van der Waals surface area contributed by atoms with E-state index in [1.807, 2.05) is 0 Å². The monoisotopic (exact) mass is 304 g/mol. The van der Waals surface area contributed by atoms with E-state index in [1.165, 1.54) is 64.2 Å². The van der Waals surface area contributed by atoms with Crippen molar-refractivity contribution < 1.29 is 0 Å². The summed E-state index contributed by atoms with van der Waals surface area (Å²) < 4.78 is 0. The van der Waals surface area contributed by atoms with E-state index in [-0.39, 0.29) is 29.7 Å². The van der Waals surface area contributed by atoms with Gasteiger partial charge in [0, 0.05) is 0 Å². The van der Waals surface area contributed by atoms with E-state index in [4.69, 9.17) is 0 Å². The summed E-state index contributed by atoms with van der Waals surface area (Å²) in [4.78, 5) is 0. The van der Waals surface area contributed by atoms with Crippen molar-refractivity contribution in [2.24, 2.45) is 11.3 Å². The van der Waals surface area contributed by atoms with Crippen molar-refractivity contribution in [2.45, 2.75) is 129 Å². The smallest absolute Gasteiger partial charge is 0.0300 e. The molecule has 0 heterocycles. The lowest BCUT2D eigenvalue weighted by Crippen LogP contribution is -2.25. The maximum absolute atomic E-state index is 2.54. The predicted octanol–water partition coefficient (Wildman–Crippen LogP) is 9.13. The normalized spacial score (nSPS) is 13.6. The van der Waals surface area contributed by atoms with Crippen LogP contribution in [0.15, 0.2) is 0 Å². The van der Waals surface area contributed by atoms with Gasteiger partial charge in [-0.15, -0.1) is 0 Å². The molecular formula is C21H52. The van der Waals surface area contributed by atoms with Gasteiger partial charge in [0.25, 0.3) is 0 Å². The van der Waals surface area contributed by atoms with Crippen LogP contribution in [0.3, 0.4) is 0 Å². The Morgan fingerprint density at radius 2 is 1.14 bits per heavy atom. The topological polar surface area (TPSA) is 0 Å². The average Bonchev–Trinajstić information content (AvgIpc) is 2.30. The fraction of sp³-hybridized carbons (Fsp3) is 1.00. The highest BCUT2D eigenvalue weighted by Gasteiger charge is 2.28. The fourth-order valence-electron chi connectivity index (χ4n) is 3.02. The second-order valence-corrected chi connectivity index (χ2v) is 6.26. The molecule has 0 radical (unpaired) electrons. The molecule has 0 heteroatoms. The molecular weight excluding hydrogens is 252 g/mol. The Kier molecular flexibility index (Phi) is 31.2. The molecule has 2 unspecified atom stereocenters. The third-order valence-electron chi connectivity index (χ3n) is 4.60. The molecule has 0 aromatic rings. The zero-order valence-corrected chi connectivity index (χ0v) is 13.1. The quantitative estimate of drug-likeness (QED) is 0.334. The minimum atomic E-state index is 0. The lowest BCUT2D eigenvalue weighted by molar-refractivity contribution is 0.148. The largest absolute Gasteiger partial charge is 0.0776 e. The molecule has 0 aliphatic rings. The van der Waals surface area contributed by atoms with Gasteiger partial charge in [-0.2, -0.15) is 0 Å². The minimum Gasteiger partial charge on any atom is -0.0776 e. The average molecular weight is 305 g/mol. The molecule has 0 N–H and O–H groups in total. The molecule has 0 amide bonds. The Morgan fingerprint density at radius 3 is 1.57 bits per heavy atom. The van der Waals surface area contributed by atoms with Crippen LogP contribution < -0.4 is 0 Å². The summed E-state index contributed by atoms with van der Waals surface area (Å²) >= 11 is 0. The molecule has 136 valence electrons.